The number of methoxy groups -OCH3 is 1. The molecule has 0 unspecified atom stereocenters. The fourth-order valence-corrected chi connectivity index (χ4v) is 4.44. The minimum absolute atomic E-state index is 0.200. The van der Waals surface area contributed by atoms with Crippen LogP contribution < -0.4 is 20.1 Å². The molecule has 0 saturated carbocycles. The van der Waals surface area contributed by atoms with E-state index in [4.69, 9.17) is 14.2 Å². The molecule has 2 aliphatic rings. The first-order valence-electron chi connectivity index (χ1n) is 12.7. The summed E-state index contributed by atoms with van der Waals surface area (Å²) in [5.41, 5.74) is 1.08. The summed E-state index contributed by atoms with van der Waals surface area (Å²) in [6, 6.07) is 13.2. The predicted molar refractivity (Wildman–Crippen MR) is 139 cm³/mol. The largest absolute Gasteiger partial charge is 0.497 e. The van der Waals surface area contributed by atoms with Crippen molar-refractivity contribution >= 4 is 17.6 Å². The Kier molecular flexibility index (Phi) is 9.58. The summed E-state index contributed by atoms with van der Waals surface area (Å²) in [6.07, 6.45) is 0.376. The van der Waals surface area contributed by atoms with E-state index >= 15 is 0 Å². The first-order valence-corrected chi connectivity index (χ1v) is 12.7. The summed E-state index contributed by atoms with van der Waals surface area (Å²) in [4.78, 5) is 29.7. The lowest BCUT2D eigenvalue weighted by molar-refractivity contribution is 0.0322. The van der Waals surface area contributed by atoms with Crippen LogP contribution in [0.3, 0.4) is 0 Å². The van der Waals surface area contributed by atoms with Crippen LogP contribution in [0.4, 0.5) is 10.5 Å². The molecule has 0 aliphatic carbocycles. The van der Waals surface area contributed by atoms with E-state index in [0.29, 0.717) is 48.7 Å². The number of amides is 3. The maximum atomic E-state index is 12.9. The Bertz CT molecular complexity index is 1030. The Morgan fingerprint density at radius 1 is 1.08 bits per heavy atom. The first kappa shape index (κ1) is 26.7. The summed E-state index contributed by atoms with van der Waals surface area (Å²) in [5, 5.41) is 16.4. The van der Waals surface area contributed by atoms with E-state index in [1.165, 1.54) is 0 Å². The van der Waals surface area contributed by atoms with Gasteiger partial charge in [0, 0.05) is 50.0 Å². The number of nitrogens with one attached hydrogen (secondary N) is 2. The van der Waals surface area contributed by atoms with Crippen LogP contribution in [0.15, 0.2) is 48.5 Å². The molecule has 0 aromatic heterocycles. The van der Waals surface area contributed by atoms with Gasteiger partial charge in [-0.2, -0.15) is 0 Å². The van der Waals surface area contributed by atoms with Crippen LogP contribution >= 0.6 is 0 Å². The van der Waals surface area contributed by atoms with Crippen LogP contribution in [0.1, 0.15) is 23.2 Å². The number of hydrogen-bond donors (Lipinski definition) is 3. The zero-order valence-electron chi connectivity index (χ0n) is 21.2. The van der Waals surface area contributed by atoms with Gasteiger partial charge >= 0.3 is 6.03 Å². The molecule has 2 aromatic carbocycles. The SMILES string of the molecule is COc1cccc(NC(=O)N2CCC[C@@H](O)[C@H](NC(=O)c3ccc(OCCN4CCOCC4)cc3)C2)c1. The molecular formula is C27H36N4O6. The van der Waals surface area contributed by atoms with Crippen LogP contribution in [-0.4, -0.2) is 98.6 Å². The Balaban J connectivity index is 1.29. The fraction of sp³-hybridized carbons (Fsp3) is 0.481. The van der Waals surface area contributed by atoms with Crippen molar-refractivity contribution in [2.45, 2.75) is 25.0 Å². The number of morpholine rings is 1. The van der Waals surface area contributed by atoms with Gasteiger partial charge in [0.2, 0.25) is 0 Å². The molecule has 3 amide bonds. The van der Waals surface area contributed by atoms with E-state index in [-0.39, 0.29) is 18.5 Å². The number of benzene rings is 2. The average molecular weight is 513 g/mol. The van der Waals surface area contributed by atoms with Gasteiger partial charge in [0.15, 0.2) is 0 Å². The van der Waals surface area contributed by atoms with E-state index < -0.39 is 12.1 Å². The van der Waals surface area contributed by atoms with E-state index in [1.54, 1.807) is 60.5 Å². The zero-order valence-corrected chi connectivity index (χ0v) is 21.2. The summed E-state index contributed by atoms with van der Waals surface area (Å²) in [5.74, 6) is 1.03. The molecule has 10 heteroatoms. The maximum Gasteiger partial charge on any atom is 0.321 e. The molecule has 37 heavy (non-hydrogen) atoms. The van der Waals surface area contributed by atoms with Crippen molar-refractivity contribution in [1.29, 1.82) is 0 Å². The minimum atomic E-state index is -0.749. The maximum absolute atomic E-state index is 12.9. The number of likely N-dealkylation sites (tertiary alicyclic amines) is 1. The molecule has 2 atom stereocenters. The Morgan fingerprint density at radius 2 is 1.86 bits per heavy atom. The van der Waals surface area contributed by atoms with Crippen molar-refractivity contribution in [2.24, 2.45) is 0 Å². The van der Waals surface area contributed by atoms with E-state index in [1.807, 2.05) is 0 Å². The second-order valence-electron chi connectivity index (χ2n) is 9.22. The number of rotatable bonds is 8. The monoisotopic (exact) mass is 512 g/mol. The minimum Gasteiger partial charge on any atom is -0.497 e. The number of urea groups is 1. The number of anilines is 1. The van der Waals surface area contributed by atoms with Crippen molar-refractivity contribution in [3.05, 3.63) is 54.1 Å². The summed E-state index contributed by atoms with van der Waals surface area (Å²) in [7, 11) is 1.57. The van der Waals surface area contributed by atoms with E-state index in [2.05, 4.69) is 15.5 Å². The summed E-state index contributed by atoms with van der Waals surface area (Å²) < 4.78 is 16.4. The molecular weight excluding hydrogens is 476 g/mol. The normalized spacial score (nSPS) is 20.5. The van der Waals surface area contributed by atoms with Gasteiger partial charge in [0.1, 0.15) is 18.1 Å². The van der Waals surface area contributed by atoms with Crippen LogP contribution in [0.5, 0.6) is 11.5 Å². The molecule has 2 fully saturated rings. The van der Waals surface area contributed by atoms with E-state index in [0.717, 1.165) is 32.8 Å². The predicted octanol–water partition coefficient (Wildman–Crippen LogP) is 2.19. The van der Waals surface area contributed by atoms with Gasteiger partial charge in [0.05, 0.1) is 32.5 Å². The van der Waals surface area contributed by atoms with Crippen molar-refractivity contribution in [3.63, 3.8) is 0 Å². The lowest BCUT2D eigenvalue weighted by Crippen LogP contribution is -2.50. The molecule has 2 aromatic rings. The number of aliphatic hydroxyl groups is 1. The number of carbonyl (C=O) groups is 2. The molecule has 0 spiro atoms. The topological polar surface area (TPSA) is 113 Å². The highest BCUT2D eigenvalue weighted by Gasteiger charge is 2.29. The molecule has 0 bridgehead atoms. The lowest BCUT2D eigenvalue weighted by Gasteiger charge is -2.27. The van der Waals surface area contributed by atoms with Crippen molar-refractivity contribution in [1.82, 2.24) is 15.1 Å². The number of nitrogens with zero attached hydrogens (tertiary/aromatic N) is 2. The third-order valence-electron chi connectivity index (χ3n) is 6.63. The number of carbonyl (C=O) groups excluding carboxylic acids is 2. The first-order chi connectivity index (χ1) is 18.0. The van der Waals surface area contributed by atoms with E-state index in [9.17, 15) is 14.7 Å². The highest BCUT2D eigenvalue weighted by atomic mass is 16.5. The van der Waals surface area contributed by atoms with Gasteiger partial charge in [0.25, 0.3) is 5.91 Å². The van der Waals surface area contributed by atoms with Gasteiger partial charge < -0.3 is 34.9 Å². The molecule has 10 nitrogen and oxygen atoms in total. The Hall–Kier alpha value is -3.34. The number of ether oxygens (including phenoxy) is 3. The molecule has 4 rings (SSSR count). The van der Waals surface area contributed by atoms with Crippen molar-refractivity contribution in [2.75, 3.05) is 65.0 Å². The number of aliphatic hydroxyl groups excluding tert-OH is 1. The smallest absolute Gasteiger partial charge is 0.321 e. The van der Waals surface area contributed by atoms with Gasteiger partial charge in [-0.3, -0.25) is 9.69 Å². The van der Waals surface area contributed by atoms with Crippen LogP contribution in [0, 0.1) is 0 Å². The van der Waals surface area contributed by atoms with Gasteiger partial charge in [-0.1, -0.05) is 6.07 Å². The highest BCUT2D eigenvalue weighted by Crippen LogP contribution is 2.19. The van der Waals surface area contributed by atoms with Crippen LogP contribution in [0.2, 0.25) is 0 Å². The Morgan fingerprint density at radius 3 is 2.62 bits per heavy atom. The van der Waals surface area contributed by atoms with Crippen molar-refractivity contribution in [3.8, 4) is 11.5 Å². The van der Waals surface area contributed by atoms with Gasteiger partial charge in [-0.25, -0.2) is 4.79 Å². The quantitative estimate of drug-likeness (QED) is 0.497. The zero-order chi connectivity index (χ0) is 26.0. The molecule has 2 saturated heterocycles. The third kappa shape index (κ3) is 7.82. The highest BCUT2D eigenvalue weighted by molar-refractivity contribution is 5.94. The number of hydrogen-bond acceptors (Lipinski definition) is 7. The summed E-state index contributed by atoms with van der Waals surface area (Å²) in [6.45, 7) is 5.40. The van der Waals surface area contributed by atoms with Crippen LogP contribution in [0.25, 0.3) is 0 Å². The molecule has 3 N–H and O–H groups in total. The van der Waals surface area contributed by atoms with Crippen molar-refractivity contribution < 1.29 is 28.9 Å². The van der Waals surface area contributed by atoms with Gasteiger partial charge in [-0.05, 0) is 49.2 Å². The Labute approximate surface area is 217 Å². The van der Waals surface area contributed by atoms with Crippen LogP contribution in [-0.2, 0) is 4.74 Å². The second-order valence-corrected chi connectivity index (χ2v) is 9.22. The molecule has 2 heterocycles. The molecule has 200 valence electrons. The average Bonchev–Trinajstić information content (AvgIpc) is 3.11. The molecule has 2 aliphatic heterocycles. The van der Waals surface area contributed by atoms with Gasteiger partial charge in [-0.15, -0.1) is 0 Å². The molecule has 0 radical (unpaired) electrons. The fourth-order valence-electron chi connectivity index (χ4n) is 4.44. The second kappa shape index (κ2) is 13.3. The third-order valence-corrected chi connectivity index (χ3v) is 6.63. The lowest BCUT2D eigenvalue weighted by atomic mass is 10.1. The standard InChI is InChI=1S/C27H36N4O6/c1-35-23-5-2-4-21(18-23)28-27(34)31-11-3-6-25(32)24(19-31)29-26(33)20-7-9-22(10-8-20)37-17-14-30-12-15-36-16-13-30/h2,4-5,7-10,18,24-25,32H,3,6,11-17,19H2,1H3,(H,28,34)(H,29,33)/t24-,25-/m1/s1. The summed E-state index contributed by atoms with van der Waals surface area (Å²) >= 11 is 0.